The van der Waals surface area contributed by atoms with Gasteiger partial charge in [-0.05, 0) is 62.9 Å². The molecule has 0 aromatic carbocycles. The Morgan fingerprint density at radius 1 is 0.645 bits per heavy atom. The van der Waals surface area contributed by atoms with E-state index < -0.39 is 158 Å². The Kier molecular flexibility index (Phi) is 23.5. The van der Waals surface area contributed by atoms with E-state index in [0.29, 0.717) is 18.6 Å². The minimum Gasteiger partial charge on any atom is -0.481 e. The monoisotopic (exact) mass is 902 g/mol. The summed E-state index contributed by atoms with van der Waals surface area (Å²) in [5, 5.41) is 51.8. The summed E-state index contributed by atoms with van der Waals surface area (Å²) >= 11 is 1.31. The van der Waals surface area contributed by atoms with Crippen molar-refractivity contribution in [3.8, 4) is 0 Å². The maximum absolute atomic E-state index is 13.9. The van der Waals surface area contributed by atoms with Gasteiger partial charge in [-0.3, -0.25) is 47.9 Å². The summed E-state index contributed by atoms with van der Waals surface area (Å²) in [4.78, 5) is 141. The van der Waals surface area contributed by atoms with Crippen molar-refractivity contribution in [1.29, 1.82) is 0 Å². The van der Waals surface area contributed by atoms with Crippen LogP contribution in [0.5, 0.6) is 0 Å². The van der Waals surface area contributed by atoms with Gasteiger partial charge >= 0.3 is 23.9 Å². The third-order valence-corrected chi connectivity index (χ3v) is 10.7. The molecule has 1 rings (SSSR count). The molecule has 0 aromatic rings. The summed E-state index contributed by atoms with van der Waals surface area (Å²) in [5.74, 6) is -12.8. The van der Waals surface area contributed by atoms with E-state index >= 15 is 0 Å². The summed E-state index contributed by atoms with van der Waals surface area (Å²) in [6.45, 7) is 8.09. The highest BCUT2D eigenvalue weighted by Gasteiger charge is 2.39. The molecule has 1 aliphatic heterocycles. The fourth-order valence-electron chi connectivity index (χ4n) is 6.32. The van der Waals surface area contributed by atoms with Crippen molar-refractivity contribution >= 4 is 77.0 Å². The molecule has 1 heterocycles. The fraction of sp³-hybridized carbons (Fsp3) is 0.711. The Bertz CT molecular complexity index is 1650. The first-order valence-corrected chi connectivity index (χ1v) is 21.6. The van der Waals surface area contributed by atoms with E-state index in [-0.39, 0.29) is 19.4 Å². The van der Waals surface area contributed by atoms with Crippen LogP contribution in [0.3, 0.4) is 0 Å². The van der Waals surface area contributed by atoms with Crippen molar-refractivity contribution in [2.45, 2.75) is 141 Å². The van der Waals surface area contributed by atoms with Gasteiger partial charge in [0.15, 0.2) is 0 Å². The highest BCUT2D eigenvalue weighted by atomic mass is 32.2. The Morgan fingerprint density at radius 3 is 1.58 bits per heavy atom. The van der Waals surface area contributed by atoms with Gasteiger partial charge < -0.3 is 63.0 Å². The van der Waals surface area contributed by atoms with Crippen LogP contribution in [0.2, 0.25) is 0 Å². The summed E-state index contributed by atoms with van der Waals surface area (Å²) in [5.41, 5.74) is 5.73. The number of nitrogens with zero attached hydrogens (tertiary/aromatic N) is 1. The van der Waals surface area contributed by atoms with Crippen LogP contribution >= 0.6 is 11.8 Å². The minimum absolute atomic E-state index is 0.000555. The Labute approximate surface area is 363 Å². The van der Waals surface area contributed by atoms with E-state index in [1.54, 1.807) is 34.0 Å². The summed E-state index contributed by atoms with van der Waals surface area (Å²) < 4.78 is 0. The van der Waals surface area contributed by atoms with Gasteiger partial charge in [0, 0.05) is 19.4 Å². The highest BCUT2D eigenvalue weighted by Crippen LogP contribution is 2.19. The van der Waals surface area contributed by atoms with Crippen LogP contribution in [-0.4, -0.2) is 157 Å². The van der Waals surface area contributed by atoms with E-state index in [1.165, 1.54) is 23.6 Å². The molecule has 62 heavy (non-hydrogen) atoms. The number of nitrogens with one attached hydrogen (secondary N) is 6. The van der Waals surface area contributed by atoms with Crippen LogP contribution in [0.1, 0.15) is 92.4 Å². The summed E-state index contributed by atoms with van der Waals surface area (Å²) in [6.07, 6.45) is -0.419. The van der Waals surface area contributed by atoms with Crippen molar-refractivity contribution in [3.05, 3.63) is 0 Å². The molecule has 0 spiro atoms. The topological polar surface area (TPSA) is 370 Å². The number of carbonyl (C=O) groups excluding carboxylic acids is 7. The van der Waals surface area contributed by atoms with E-state index in [2.05, 4.69) is 31.9 Å². The molecular weight excluding hydrogens is 841 g/mol. The van der Waals surface area contributed by atoms with Gasteiger partial charge in [-0.15, -0.1) is 0 Å². The van der Waals surface area contributed by atoms with E-state index in [9.17, 15) is 68.1 Å². The van der Waals surface area contributed by atoms with E-state index in [0.717, 1.165) is 0 Å². The first-order valence-electron chi connectivity index (χ1n) is 20.2. The van der Waals surface area contributed by atoms with Gasteiger partial charge in [0.25, 0.3) is 0 Å². The van der Waals surface area contributed by atoms with Crippen LogP contribution in [0.4, 0.5) is 0 Å². The molecule has 9 atom stereocenters. The van der Waals surface area contributed by atoms with Crippen molar-refractivity contribution in [3.63, 3.8) is 0 Å². The second kappa shape index (κ2) is 26.7. The Balaban J connectivity index is 3.36. The predicted molar refractivity (Wildman–Crippen MR) is 221 cm³/mol. The number of hydrogen-bond acceptors (Lipinski definition) is 13. The number of rotatable bonds is 28. The molecule has 7 amide bonds. The van der Waals surface area contributed by atoms with Gasteiger partial charge in [-0.1, -0.05) is 34.1 Å². The lowest BCUT2D eigenvalue weighted by molar-refractivity contribution is -0.147. The minimum atomic E-state index is -1.80. The third-order valence-electron chi connectivity index (χ3n) is 10.1. The molecule has 0 saturated carbocycles. The fourth-order valence-corrected chi connectivity index (χ4v) is 6.80. The quantitative estimate of drug-likeness (QED) is 0.0404. The largest absolute Gasteiger partial charge is 0.481 e. The van der Waals surface area contributed by atoms with Crippen LogP contribution < -0.4 is 37.6 Å². The van der Waals surface area contributed by atoms with Gasteiger partial charge in [0.1, 0.15) is 42.3 Å². The van der Waals surface area contributed by atoms with Crippen molar-refractivity contribution < 1.29 is 73.2 Å². The number of likely N-dealkylation sites (tertiary alicyclic amines) is 1. The second-order valence-corrected chi connectivity index (χ2v) is 16.4. The molecule has 0 aliphatic carbocycles. The Morgan fingerprint density at radius 2 is 1.11 bits per heavy atom. The number of nitrogens with two attached hydrogens (primary N) is 1. The molecular formula is C38H62N8O15S. The summed E-state index contributed by atoms with van der Waals surface area (Å²) in [7, 11) is 0. The zero-order chi connectivity index (χ0) is 47.4. The molecule has 0 unspecified atom stereocenters. The molecule has 1 aliphatic rings. The molecule has 1 saturated heterocycles. The molecule has 0 aromatic heterocycles. The second-order valence-electron chi connectivity index (χ2n) is 15.4. The van der Waals surface area contributed by atoms with Crippen LogP contribution in [0, 0.1) is 11.8 Å². The average molecular weight is 903 g/mol. The van der Waals surface area contributed by atoms with Gasteiger partial charge in [-0.25, -0.2) is 4.79 Å². The van der Waals surface area contributed by atoms with Crippen molar-refractivity contribution in [2.24, 2.45) is 17.6 Å². The zero-order valence-electron chi connectivity index (χ0n) is 35.8. The first kappa shape index (κ1) is 54.5. The number of amides is 7. The van der Waals surface area contributed by atoms with Crippen LogP contribution in [-0.2, 0) is 52.7 Å². The maximum Gasteiger partial charge on any atom is 0.326 e. The molecule has 23 nitrogen and oxygen atoms in total. The normalized spacial score (nSPS) is 17.4. The Hall–Kier alpha value is -5.52. The van der Waals surface area contributed by atoms with Crippen molar-refractivity contribution in [2.75, 3.05) is 18.6 Å². The molecule has 24 heteroatoms. The van der Waals surface area contributed by atoms with Crippen molar-refractivity contribution in [1.82, 2.24) is 36.8 Å². The number of carboxylic acid groups (broad SMARTS) is 4. The van der Waals surface area contributed by atoms with Gasteiger partial charge in [-0.2, -0.15) is 11.8 Å². The highest BCUT2D eigenvalue weighted by molar-refractivity contribution is 7.98. The number of carboxylic acids is 4. The average Bonchev–Trinajstić information content (AvgIpc) is 3.69. The molecule has 350 valence electrons. The lowest BCUT2D eigenvalue weighted by atomic mass is 9.95. The zero-order valence-corrected chi connectivity index (χ0v) is 36.6. The van der Waals surface area contributed by atoms with Crippen LogP contribution in [0.25, 0.3) is 0 Å². The SMILES string of the molecule is CC[C@H](C)[C@H](NC(=O)[C@@H](NC(=O)[C@H](CCC(=O)O)NC(=O)[C@H](CCC(=O)O)NC(=O)[C@@H]1CCCN1C(=O)[C@H](C)N)C(C)C)C(=O)N[C@@H](CCSC)C(=O)N[C@@H](CC(=O)O)C(=O)O. The standard InChI is InChI=1S/C38H62N8O15S/c1-7-19(4)30(36(58)42-23(14-16-62-6)32(54)43-24(38(60)61)17-28(51)52)45-35(57)29(18(2)3)44-33(55)22(11-13-27(49)50)40-31(53)21(10-12-26(47)48)41-34(56)25-9-8-15-46(25)37(59)20(5)39/h18-25,29-30H,7-17,39H2,1-6H3,(H,40,53)(H,41,56)(H,42,58)(H,43,54)(H,44,55)(H,45,57)(H,47,48)(H,49,50)(H,51,52)(H,60,61)/t19-,20-,21-,22-,23-,24-,25-,29-,30-/m0/s1. The molecule has 0 bridgehead atoms. The number of aliphatic carboxylic acids is 4. The predicted octanol–water partition coefficient (Wildman–Crippen LogP) is -2.02. The third kappa shape index (κ3) is 18.2. The smallest absolute Gasteiger partial charge is 0.326 e. The summed E-state index contributed by atoms with van der Waals surface area (Å²) in [6, 6.07) is -11.0. The number of hydrogen-bond donors (Lipinski definition) is 11. The first-order chi connectivity index (χ1) is 28.9. The van der Waals surface area contributed by atoms with E-state index in [1.807, 2.05) is 0 Å². The molecule has 12 N–H and O–H groups in total. The molecule has 1 fully saturated rings. The van der Waals surface area contributed by atoms with Crippen LogP contribution in [0.15, 0.2) is 0 Å². The number of carbonyl (C=O) groups is 11. The lowest BCUT2D eigenvalue weighted by Crippen LogP contribution is -2.61. The number of thioether (sulfide) groups is 1. The van der Waals surface area contributed by atoms with E-state index in [4.69, 9.17) is 10.8 Å². The van der Waals surface area contributed by atoms with Gasteiger partial charge in [0.05, 0.1) is 12.5 Å². The van der Waals surface area contributed by atoms with Gasteiger partial charge in [0.2, 0.25) is 41.4 Å². The molecule has 0 radical (unpaired) electrons. The maximum atomic E-state index is 13.9. The lowest BCUT2D eigenvalue weighted by Gasteiger charge is -2.30.